The molecular formula is C26H33N5O5S2. The van der Waals surface area contributed by atoms with E-state index in [4.69, 9.17) is 29.2 Å². The molecule has 3 aromatic rings. The summed E-state index contributed by atoms with van der Waals surface area (Å²) in [7, 11) is 4.52. The van der Waals surface area contributed by atoms with Crippen LogP contribution in [0.5, 0.6) is 17.5 Å². The van der Waals surface area contributed by atoms with Crippen LogP contribution in [-0.4, -0.2) is 44.4 Å². The van der Waals surface area contributed by atoms with Crippen LogP contribution < -0.4 is 25.9 Å². The smallest absolute Gasteiger partial charge is 0.259 e. The third-order valence-corrected chi connectivity index (χ3v) is 8.15. The Kier molecular flexibility index (Phi) is 7.69. The van der Waals surface area contributed by atoms with E-state index in [9.17, 15) is 19.8 Å². The number of methoxy groups -OCH3 is 1. The zero-order chi connectivity index (χ0) is 27.9. The molecule has 1 aliphatic rings. The molecule has 1 fully saturated rings. The molecule has 0 amide bonds. The fourth-order valence-electron chi connectivity index (χ4n) is 5.44. The Hall–Kier alpha value is -3.22. The molecule has 38 heavy (non-hydrogen) atoms. The van der Waals surface area contributed by atoms with Gasteiger partial charge in [-0.05, 0) is 60.9 Å². The number of rotatable bonds is 6. The second-order valence-corrected chi connectivity index (χ2v) is 11.5. The predicted molar refractivity (Wildman–Crippen MR) is 146 cm³/mol. The quantitative estimate of drug-likeness (QED) is 0.336. The maximum absolute atomic E-state index is 13.4. The van der Waals surface area contributed by atoms with Crippen molar-refractivity contribution in [3.8, 4) is 17.5 Å². The Labute approximate surface area is 230 Å². The topological polar surface area (TPSA) is 133 Å². The molecule has 1 aliphatic heterocycles. The molecule has 3 heterocycles. The molecule has 0 spiro atoms. The maximum Gasteiger partial charge on any atom is 0.259 e. The van der Waals surface area contributed by atoms with Crippen molar-refractivity contribution < 1.29 is 19.8 Å². The molecule has 2 atom stereocenters. The summed E-state index contributed by atoms with van der Waals surface area (Å²) in [5.41, 5.74) is -0.255. The van der Waals surface area contributed by atoms with Crippen LogP contribution in [0.15, 0.2) is 27.8 Å². The maximum atomic E-state index is 13.4. The number of ether oxygens (including phenoxy) is 1. The molecule has 1 saturated heterocycles. The molecule has 10 nitrogen and oxygen atoms in total. The van der Waals surface area contributed by atoms with Gasteiger partial charge in [-0.25, -0.2) is 0 Å². The van der Waals surface area contributed by atoms with E-state index in [0.717, 1.165) is 29.6 Å². The summed E-state index contributed by atoms with van der Waals surface area (Å²) in [6.45, 7) is 7.18. The number of aromatic amines is 2. The van der Waals surface area contributed by atoms with Crippen molar-refractivity contribution in [3.63, 3.8) is 0 Å². The van der Waals surface area contributed by atoms with Crippen LogP contribution in [0.3, 0.4) is 0 Å². The Bertz CT molecular complexity index is 1540. The third-order valence-electron chi connectivity index (χ3n) is 7.40. The number of piperidine rings is 1. The molecule has 0 bridgehead atoms. The first-order valence-electron chi connectivity index (χ1n) is 12.4. The lowest BCUT2D eigenvalue weighted by Gasteiger charge is -2.35. The van der Waals surface area contributed by atoms with Gasteiger partial charge in [-0.1, -0.05) is 19.9 Å². The number of nitrogens with zero attached hydrogens (tertiary/aromatic N) is 2. The molecule has 4 N–H and O–H groups in total. The largest absolute Gasteiger partial charge is 0.860 e. The number of benzene rings is 1. The first-order valence-corrected chi connectivity index (χ1v) is 13.2. The van der Waals surface area contributed by atoms with E-state index in [1.54, 1.807) is 19.2 Å². The Morgan fingerprint density at radius 2 is 1.76 bits per heavy atom. The van der Waals surface area contributed by atoms with Crippen molar-refractivity contribution in [2.45, 2.75) is 39.2 Å². The lowest BCUT2D eigenvalue weighted by molar-refractivity contribution is -0.925. The SMILES string of the molecule is COc1ccc(C(c2c([O-])n(C)c(=S)[nH]c2=O)c2c(O)n(C)c(=S)[nH]c2=O)cc1C[NH+]1CCCC(C)(C)C1. The molecule has 0 radical (unpaired) electrons. The second kappa shape index (κ2) is 10.5. The third kappa shape index (κ3) is 5.20. The van der Waals surface area contributed by atoms with E-state index in [0.29, 0.717) is 17.9 Å². The number of aromatic hydroxyl groups is 1. The summed E-state index contributed by atoms with van der Waals surface area (Å²) in [6.07, 6.45) is 2.28. The van der Waals surface area contributed by atoms with Gasteiger partial charge in [0, 0.05) is 30.6 Å². The summed E-state index contributed by atoms with van der Waals surface area (Å²) in [5.74, 6) is -1.63. The zero-order valence-corrected chi connectivity index (χ0v) is 23.8. The molecule has 0 saturated carbocycles. The number of aromatic nitrogens is 4. The monoisotopic (exact) mass is 559 g/mol. The van der Waals surface area contributed by atoms with Gasteiger partial charge in [-0.2, -0.15) is 0 Å². The number of hydrogen-bond donors (Lipinski definition) is 4. The number of quaternary nitrogens is 1. The van der Waals surface area contributed by atoms with Crippen LogP contribution in [0, 0.1) is 15.0 Å². The minimum Gasteiger partial charge on any atom is -0.860 e. The first-order chi connectivity index (χ1) is 17.8. The molecule has 0 aliphatic carbocycles. The highest BCUT2D eigenvalue weighted by atomic mass is 32.1. The van der Waals surface area contributed by atoms with Crippen molar-refractivity contribution in [1.82, 2.24) is 19.1 Å². The van der Waals surface area contributed by atoms with E-state index in [2.05, 4.69) is 23.8 Å². The fourth-order valence-corrected chi connectivity index (χ4v) is 5.80. The summed E-state index contributed by atoms with van der Waals surface area (Å²) >= 11 is 10.3. The average Bonchev–Trinajstić information content (AvgIpc) is 2.84. The van der Waals surface area contributed by atoms with Crippen molar-refractivity contribution >= 4 is 24.4 Å². The van der Waals surface area contributed by atoms with Crippen LogP contribution >= 0.6 is 24.4 Å². The van der Waals surface area contributed by atoms with Crippen molar-refractivity contribution in [2.24, 2.45) is 19.5 Å². The lowest BCUT2D eigenvalue weighted by Crippen LogP contribution is -3.13. The molecule has 1 aromatic carbocycles. The highest BCUT2D eigenvalue weighted by molar-refractivity contribution is 7.71. The van der Waals surface area contributed by atoms with E-state index in [1.165, 1.54) is 30.0 Å². The van der Waals surface area contributed by atoms with Crippen molar-refractivity contribution in [1.29, 1.82) is 0 Å². The molecule has 4 rings (SSSR count). The average molecular weight is 560 g/mol. The zero-order valence-electron chi connectivity index (χ0n) is 22.1. The Balaban J connectivity index is 1.97. The van der Waals surface area contributed by atoms with Gasteiger partial charge in [0.25, 0.3) is 11.1 Å². The minimum atomic E-state index is -1.20. The van der Waals surface area contributed by atoms with E-state index in [-0.39, 0.29) is 26.1 Å². The molecule has 204 valence electrons. The predicted octanol–water partition coefficient (Wildman–Crippen LogP) is 1.37. The van der Waals surface area contributed by atoms with Gasteiger partial charge in [0.15, 0.2) is 9.54 Å². The van der Waals surface area contributed by atoms with E-state index >= 15 is 0 Å². The molecule has 2 aromatic heterocycles. The summed E-state index contributed by atoms with van der Waals surface area (Å²) in [4.78, 5) is 32.8. The number of H-pyrrole nitrogens is 2. The summed E-state index contributed by atoms with van der Waals surface area (Å²) < 4.78 is 7.98. The van der Waals surface area contributed by atoms with Gasteiger partial charge < -0.3 is 24.4 Å². The van der Waals surface area contributed by atoms with Crippen LogP contribution in [0.1, 0.15) is 54.9 Å². The summed E-state index contributed by atoms with van der Waals surface area (Å²) in [6, 6.07) is 5.31. The second-order valence-electron chi connectivity index (χ2n) is 10.7. The van der Waals surface area contributed by atoms with Crippen LogP contribution in [0.25, 0.3) is 0 Å². The minimum absolute atomic E-state index is 0.00412. The van der Waals surface area contributed by atoms with E-state index < -0.39 is 28.8 Å². The van der Waals surface area contributed by atoms with Crippen LogP contribution in [-0.2, 0) is 20.6 Å². The van der Waals surface area contributed by atoms with Gasteiger partial charge >= 0.3 is 0 Å². The first kappa shape index (κ1) is 27.8. The highest BCUT2D eigenvalue weighted by Gasteiger charge is 2.32. The molecular weight excluding hydrogens is 526 g/mol. The fraction of sp³-hybridized carbons (Fsp3) is 0.462. The molecule has 2 unspecified atom stereocenters. The standard InChI is InChI=1S/C26H33N5O5S2/c1-26(2)9-6-10-31(13-26)12-15-11-14(7-8-16(15)36-5)17(18-20(32)27-24(37)29(3)22(18)34)19-21(33)28-25(38)30(4)23(19)35/h7-8,11,17,34-35H,6,9-10,12-13H2,1-5H3,(H,27,32,37)(H,28,33,38). The normalized spacial score (nSPS) is 17.8. The van der Waals surface area contributed by atoms with Crippen molar-refractivity contribution in [3.05, 3.63) is 70.7 Å². The molecule has 12 heteroatoms. The van der Waals surface area contributed by atoms with Gasteiger partial charge in [-0.3, -0.25) is 24.1 Å². The van der Waals surface area contributed by atoms with E-state index in [1.807, 2.05) is 6.07 Å². The van der Waals surface area contributed by atoms with Gasteiger partial charge in [0.2, 0.25) is 5.88 Å². The number of likely N-dealkylation sites (tertiary alicyclic amines) is 1. The number of hydrogen-bond acceptors (Lipinski definition) is 7. The Morgan fingerprint density at radius 3 is 2.39 bits per heavy atom. The van der Waals surface area contributed by atoms with Gasteiger partial charge in [0.1, 0.15) is 12.3 Å². The van der Waals surface area contributed by atoms with Crippen LogP contribution in [0.4, 0.5) is 0 Å². The Morgan fingerprint density at radius 1 is 1.13 bits per heavy atom. The van der Waals surface area contributed by atoms with Gasteiger partial charge in [0.05, 0.1) is 31.7 Å². The lowest BCUT2D eigenvalue weighted by atomic mass is 9.83. The number of nitrogens with one attached hydrogen (secondary N) is 3. The van der Waals surface area contributed by atoms with Gasteiger partial charge in [-0.15, -0.1) is 0 Å². The van der Waals surface area contributed by atoms with Crippen molar-refractivity contribution in [2.75, 3.05) is 20.2 Å². The summed E-state index contributed by atoms with van der Waals surface area (Å²) in [5, 5.41) is 24.4. The van der Waals surface area contributed by atoms with Crippen LogP contribution in [0.2, 0.25) is 0 Å². The highest BCUT2D eigenvalue weighted by Crippen LogP contribution is 2.37.